The van der Waals surface area contributed by atoms with Gasteiger partial charge < -0.3 is 21.2 Å². The lowest BCUT2D eigenvalue weighted by Gasteiger charge is -2.32. The molecule has 1 aliphatic rings. The second kappa shape index (κ2) is 14.5. The van der Waals surface area contributed by atoms with E-state index in [1.165, 1.54) is 18.0 Å². The first-order chi connectivity index (χ1) is 21.1. The standard InChI is InChI=1S/C30H35F2N11O/c1-20(30(2,18-34)44-29(31)32)39-28(24-4-3-12-38-27(24)36)43(19-35)23-7-5-21(6-8-23)17-42-14-10-22(11-15-42)40-25-9-13-37-26(16-33)41-25/h3-9,12-13,18-20,22,29,34-35H,10-11,14-15,17H2,1-2H3,(H2,36,38)(H,37,40,41)/t20-,30?/m0/s1. The fourth-order valence-electron chi connectivity index (χ4n) is 4.84. The first kappa shape index (κ1) is 32.1. The van der Waals surface area contributed by atoms with E-state index in [1.54, 1.807) is 31.3 Å². The molecule has 1 aromatic carbocycles. The zero-order valence-electron chi connectivity index (χ0n) is 24.5. The van der Waals surface area contributed by atoms with Crippen LogP contribution in [0.4, 0.5) is 26.1 Å². The number of benzene rings is 1. The van der Waals surface area contributed by atoms with E-state index < -0.39 is 18.3 Å². The summed E-state index contributed by atoms with van der Waals surface area (Å²) in [5.74, 6) is 1.14. The maximum atomic E-state index is 13.2. The summed E-state index contributed by atoms with van der Waals surface area (Å²) in [6.45, 7) is 2.30. The molecule has 2 aromatic heterocycles. The second-order valence-electron chi connectivity index (χ2n) is 10.5. The minimum Gasteiger partial charge on any atom is -0.383 e. The predicted molar refractivity (Wildman–Crippen MR) is 165 cm³/mol. The number of aliphatic imine (C=N–C) groups is 1. The van der Waals surface area contributed by atoms with E-state index in [-0.39, 0.29) is 23.5 Å². The average molecular weight is 604 g/mol. The van der Waals surface area contributed by atoms with Gasteiger partial charge in [-0.2, -0.15) is 14.0 Å². The molecule has 12 nitrogen and oxygen atoms in total. The maximum absolute atomic E-state index is 13.2. The number of nitrogens with zero attached hydrogens (tertiary/aromatic N) is 7. The van der Waals surface area contributed by atoms with Crippen LogP contribution < -0.4 is 16.0 Å². The summed E-state index contributed by atoms with van der Waals surface area (Å²) in [7, 11) is 0. The van der Waals surface area contributed by atoms with Crippen LogP contribution in [0.1, 0.15) is 43.6 Å². The minimum absolute atomic E-state index is 0.139. The molecule has 2 atom stereocenters. The van der Waals surface area contributed by atoms with Gasteiger partial charge in [0, 0.05) is 50.0 Å². The monoisotopic (exact) mass is 603 g/mol. The van der Waals surface area contributed by atoms with Gasteiger partial charge in [-0.3, -0.25) is 20.2 Å². The lowest BCUT2D eigenvalue weighted by Crippen LogP contribution is -2.44. The number of amidine groups is 1. The van der Waals surface area contributed by atoms with E-state index in [9.17, 15) is 8.78 Å². The normalized spacial score (nSPS) is 16.5. The van der Waals surface area contributed by atoms with Crippen molar-refractivity contribution in [1.29, 1.82) is 16.1 Å². The number of alkyl halides is 2. The highest BCUT2D eigenvalue weighted by Gasteiger charge is 2.34. The Labute approximate surface area is 254 Å². The van der Waals surface area contributed by atoms with Gasteiger partial charge in [-0.05, 0) is 62.6 Å². The summed E-state index contributed by atoms with van der Waals surface area (Å²) < 4.78 is 31.1. The molecule has 1 aliphatic heterocycles. The van der Waals surface area contributed by atoms with Crippen molar-refractivity contribution < 1.29 is 13.5 Å². The fourth-order valence-corrected chi connectivity index (χ4v) is 4.84. The molecule has 5 N–H and O–H groups in total. The quantitative estimate of drug-likeness (QED) is 0.174. The molecule has 4 rings (SSSR count). The average Bonchev–Trinajstić information content (AvgIpc) is 3.02. The Hall–Kier alpha value is -4.87. The van der Waals surface area contributed by atoms with Crippen LogP contribution in [0.15, 0.2) is 59.9 Å². The van der Waals surface area contributed by atoms with Crippen molar-refractivity contribution in [2.24, 2.45) is 4.99 Å². The molecular weight excluding hydrogens is 568 g/mol. The number of nitrogens with one attached hydrogen (secondary N) is 3. The highest BCUT2D eigenvalue weighted by atomic mass is 19.3. The first-order valence-electron chi connectivity index (χ1n) is 14.0. The summed E-state index contributed by atoms with van der Waals surface area (Å²) in [4.78, 5) is 20.7. The number of nitriles is 1. The molecule has 0 spiro atoms. The van der Waals surface area contributed by atoms with Crippen molar-refractivity contribution in [3.05, 3.63) is 71.8 Å². The molecule has 1 saturated heterocycles. The van der Waals surface area contributed by atoms with E-state index >= 15 is 0 Å². The topological polar surface area (TPSA) is 176 Å². The first-order valence-corrected chi connectivity index (χ1v) is 14.0. The smallest absolute Gasteiger partial charge is 0.346 e. The number of anilines is 3. The maximum Gasteiger partial charge on any atom is 0.346 e. The Bertz CT molecular complexity index is 1500. The molecule has 1 unspecified atom stereocenters. The number of ether oxygens (including phenoxy) is 1. The zero-order chi connectivity index (χ0) is 31.7. The van der Waals surface area contributed by atoms with E-state index in [4.69, 9.17) is 26.6 Å². The number of aromatic nitrogens is 3. The summed E-state index contributed by atoms with van der Waals surface area (Å²) in [5.41, 5.74) is 6.55. The molecule has 0 amide bonds. The van der Waals surface area contributed by atoms with Crippen molar-refractivity contribution in [2.75, 3.05) is 29.0 Å². The van der Waals surface area contributed by atoms with Crippen LogP contribution in [-0.2, 0) is 11.3 Å². The van der Waals surface area contributed by atoms with Crippen LogP contribution in [0.5, 0.6) is 0 Å². The number of halogens is 2. The fraction of sp³-hybridized carbons (Fsp3) is 0.367. The van der Waals surface area contributed by atoms with Crippen molar-refractivity contribution in [1.82, 2.24) is 19.9 Å². The van der Waals surface area contributed by atoms with Gasteiger partial charge in [0.15, 0.2) is 0 Å². The molecule has 0 saturated carbocycles. The van der Waals surface area contributed by atoms with E-state index in [0.29, 0.717) is 17.1 Å². The van der Waals surface area contributed by atoms with E-state index in [0.717, 1.165) is 50.6 Å². The lowest BCUT2D eigenvalue weighted by atomic mass is 9.99. The summed E-state index contributed by atoms with van der Waals surface area (Å²) in [6, 6.07) is 14.0. The van der Waals surface area contributed by atoms with Gasteiger partial charge in [0.1, 0.15) is 29.1 Å². The zero-order valence-corrected chi connectivity index (χ0v) is 24.5. The van der Waals surface area contributed by atoms with Crippen molar-refractivity contribution in [3.63, 3.8) is 0 Å². The number of nitrogen functional groups attached to an aromatic ring is 1. The van der Waals surface area contributed by atoms with Gasteiger partial charge in [0.05, 0.1) is 17.9 Å². The number of rotatable bonds is 12. The highest BCUT2D eigenvalue weighted by molar-refractivity contribution is 6.20. The molecular formula is C30H35F2N11O. The molecule has 0 aliphatic carbocycles. The van der Waals surface area contributed by atoms with Crippen LogP contribution in [0.2, 0.25) is 0 Å². The largest absolute Gasteiger partial charge is 0.383 e. The van der Waals surface area contributed by atoms with Crippen molar-refractivity contribution in [2.45, 2.75) is 57.5 Å². The van der Waals surface area contributed by atoms with Gasteiger partial charge in [-0.25, -0.2) is 15.0 Å². The number of piperidine rings is 1. The third-order valence-corrected chi connectivity index (χ3v) is 7.53. The van der Waals surface area contributed by atoms with Gasteiger partial charge in [0.2, 0.25) is 5.82 Å². The molecule has 230 valence electrons. The summed E-state index contributed by atoms with van der Waals surface area (Å²) >= 11 is 0. The van der Waals surface area contributed by atoms with E-state index in [1.807, 2.05) is 30.3 Å². The molecule has 14 heteroatoms. The van der Waals surface area contributed by atoms with Crippen LogP contribution in [-0.4, -0.2) is 75.6 Å². The Morgan fingerprint density at radius 1 is 1.23 bits per heavy atom. The Kier molecular flexibility index (Phi) is 10.6. The molecule has 0 radical (unpaired) electrons. The predicted octanol–water partition coefficient (Wildman–Crippen LogP) is 4.30. The minimum atomic E-state index is -3.10. The number of nitrogens with two attached hydrogens (primary N) is 1. The number of hydrogen-bond donors (Lipinski definition) is 4. The van der Waals surface area contributed by atoms with Gasteiger partial charge in [-0.1, -0.05) is 12.1 Å². The molecule has 3 heterocycles. The lowest BCUT2D eigenvalue weighted by molar-refractivity contribution is -0.181. The molecule has 0 bridgehead atoms. The Balaban J connectivity index is 1.48. The highest BCUT2D eigenvalue weighted by Crippen LogP contribution is 2.25. The number of pyridine rings is 1. The van der Waals surface area contributed by atoms with Gasteiger partial charge in [-0.15, -0.1) is 0 Å². The van der Waals surface area contributed by atoms with Crippen LogP contribution in [0.25, 0.3) is 0 Å². The van der Waals surface area contributed by atoms with Gasteiger partial charge in [0.25, 0.3) is 0 Å². The third-order valence-electron chi connectivity index (χ3n) is 7.53. The summed E-state index contributed by atoms with van der Waals surface area (Å²) in [5, 5.41) is 28.3. The SMILES string of the molecule is C[C@H](N=C(c1cccnc1N)N(C=N)c1ccc(CN2CCC(Nc3ccnc(C#N)n3)CC2)cc1)C(C)(C=N)OC(F)F. The van der Waals surface area contributed by atoms with Crippen LogP contribution in [0, 0.1) is 22.1 Å². The van der Waals surface area contributed by atoms with Gasteiger partial charge >= 0.3 is 6.61 Å². The van der Waals surface area contributed by atoms with Crippen molar-refractivity contribution in [3.8, 4) is 6.07 Å². The van der Waals surface area contributed by atoms with Crippen LogP contribution >= 0.6 is 0 Å². The Morgan fingerprint density at radius 3 is 2.57 bits per heavy atom. The Morgan fingerprint density at radius 2 is 1.95 bits per heavy atom. The number of likely N-dealkylation sites (tertiary alicyclic amines) is 1. The van der Waals surface area contributed by atoms with Crippen LogP contribution in [0.3, 0.4) is 0 Å². The molecule has 3 aromatic rings. The molecule has 1 fully saturated rings. The third kappa shape index (κ3) is 7.94. The molecule has 44 heavy (non-hydrogen) atoms. The van der Waals surface area contributed by atoms with Crippen molar-refractivity contribution >= 4 is 35.7 Å². The second-order valence-corrected chi connectivity index (χ2v) is 10.5. The van der Waals surface area contributed by atoms with E-state index in [2.05, 4.69) is 30.2 Å². The summed E-state index contributed by atoms with van der Waals surface area (Å²) in [6.07, 6.45) is 6.78. The number of hydrogen-bond acceptors (Lipinski definition) is 11.